The zero-order chi connectivity index (χ0) is 12.5. The first-order valence-corrected chi connectivity index (χ1v) is 6.70. The lowest BCUT2D eigenvalue weighted by atomic mass is 10.1. The van der Waals surface area contributed by atoms with Gasteiger partial charge in [-0.3, -0.25) is 4.90 Å². The molecule has 2 bridgehead atoms. The lowest BCUT2D eigenvalue weighted by Gasteiger charge is -2.39. The molecule has 2 unspecified atom stereocenters. The second-order valence-corrected chi connectivity index (χ2v) is 5.55. The van der Waals surface area contributed by atoms with Crippen LogP contribution in [0.15, 0.2) is 24.3 Å². The van der Waals surface area contributed by atoms with Gasteiger partial charge in [0.1, 0.15) is 0 Å². The van der Waals surface area contributed by atoms with Crippen LogP contribution in [-0.4, -0.2) is 42.0 Å². The highest BCUT2D eigenvalue weighted by Gasteiger charge is 2.38. The molecule has 0 saturated carbocycles. The molecule has 0 amide bonds. The Morgan fingerprint density at radius 3 is 2.56 bits per heavy atom. The van der Waals surface area contributed by atoms with Gasteiger partial charge >= 0.3 is 0 Å². The molecule has 0 N–H and O–H groups in total. The minimum absolute atomic E-state index is 0.681. The van der Waals surface area contributed by atoms with E-state index in [1.807, 2.05) is 18.2 Å². The fourth-order valence-electron chi connectivity index (χ4n) is 3.42. The normalized spacial score (nSPS) is 28.2. The van der Waals surface area contributed by atoms with Gasteiger partial charge in [-0.25, -0.2) is 0 Å². The molecule has 1 aromatic rings. The van der Waals surface area contributed by atoms with Crippen molar-refractivity contribution in [1.82, 2.24) is 9.80 Å². The van der Waals surface area contributed by atoms with Gasteiger partial charge in [-0.1, -0.05) is 18.2 Å². The van der Waals surface area contributed by atoms with Crippen LogP contribution in [0.1, 0.15) is 24.0 Å². The maximum absolute atomic E-state index is 9.16. The number of nitrogens with zero attached hydrogens (tertiary/aromatic N) is 3. The number of nitriles is 1. The zero-order valence-corrected chi connectivity index (χ0v) is 10.8. The number of rotatable bonds is 2. The summed E-state index contributed by atoms with van der Waals surface area (Å²) in [6, 6.07) is 11.7. The molecule has 94 valence electrons. The van der Waals surface area contributed by atoms with Crippen LogP contribution in [0, 0.1) is 11.3 Å². The van der Waals surface area contributed by atoms with E-state index in [0.29, 0.717) is 12.1 Å². The number of fused-ring (bicyclic) bond motifs is 2. The average Bonchev–Trinajstić information content (AvgIpc) is 2.62. The number of piperazine rings is 1. The highest BCUT2D eigenvalue weighted by molar-refractivity contribution is 5.37. The van der Waals surface area contributed by atoms with Crippen LogP contribution < -0.4 is 0 Å². The Hall–Kier alpha value is -1.37. The molecule has 2 fully saturated rings. The van der Waals surface area contributed by atoms with Crippen molar-refractivity contribution in [3.8, 4) is 6.07 Å². The van der Waals surface area contributed by atoms with Crippen LogP contribution in [0.25, 0.3) is 0 Å². The SMILES string of the molecule is CN1CC2CCC(C1)N2Cc1ccccc1C#N. The van der Waals surface area contributed by atoms with Crippen molar-refractivity contribution in [3.63, 3.8) is 0 Å². The highest BCUT2D eigenvalue weighted by Crippen LogP contribution is 2.31. The average molecular weight is 241 g/mol. The number of benzene rings is 1. The molecule has 0 aliphatic carbocycles. The third-order valence-corrected chi connectivity index (χ3v) is 4.31. The second-order valence-electron chi connectivity index (χ2n) is 5.55. The largest absolute Gasteiger partial charge is 0.303 e. The molecular formula is C15H19N3. The Labute approximate surface area is 109 Å². The highest BCUT2D eigenvalue weighted by atomic mass is 15.3. The number of likely N-dealkylation sites (tertiary alicyclic amines) is 1. The third kappa shape index (κ3) is 2.03. The van der Waals surface area contributed by atoms with Crippen LogP contribution in [0.4, 0.5) is 0 Å². The summed E-state index contributed by atoms with van der Waals surface area (Å²) in [5.74, 6) is 0. The van der Waals surface area contributed by atoms with E-state index in [1.165, 1.54) is 31.5 Å². The molecule has 3 rings (SSSR count). The molecule has 2 aliphatic heterocycles. The summed E-state index contributed by atoms with van der Waals surface area (Å²) >= 11 is 0. The monoisotopic (exact) mass is 241 g/mol. The van der Waals surface area contributed by atoms with Crippen molar-refractivity contribution in [2.75, 3.05) is 20.1 Å². The molecule has 2 atom stereocenters. The number of likely N-dealkylation sites (N-methyl/N-ethyl adjacent to an activating group) is 1. The third-order valence-electron chi connectivity index (χ3n) is 4.31. The van der Waals surface area contributed by atoms with Crippen LogP contribution >= 0.6 is 0 Å². The first-order valence-electron chi connectivity index (χ1n) is 6.70. The zero-order valence-electron chi connectivity index (χ0n) is 10.8. The van der Waals surface area contributed by atoms with Crippen molar-refractivity contribution in [2.45, 2.75) is 31.5 Å². The Balaban J connectivity index is 1.80. The van der Waals surface area contributed by atoms with Crippen molar-refractivity contribution in [3.05, 3.63) is 35.4 Å². The van der Waals surface area contributed by atoms with E-state index in [1.54, 1.807) is 0 Å². The molecule has 2 heterocycles. The van der Waals surface area contributed by atoms with Crippen LogP contribution in [0.3, 0.4) is 0 Å². The van der Waals surface area contributed by atoms with Gasteiger partial charge in [0.25, 0.3) is 0 Å². The van der Waals surface area contributed by atoms with Crippen LogP contribution in [-0.2, 0) is 6.54 Å². The van der Waals surface area contributed by atoms with E-state index < -0.39 is 0 Å². The predicted molar refractivity (Wildman–Crippen MR) is 71.0 cm³/mol. The summed E-state index contributed by atoms with van der Waals surface area (Å²) in [7, 11) is 2.21. The van der Waals surface area contributed by atoms with Crippen molar-refractivity contribution < 1.29 is 0 Å². The first kappa shape index (κ1) is 11.7. The van der Waals surface area contributed by atoms with Gasteiger partial charge in [0, 0.05) is 31.7 Å². The molecule has 2 saturated heterocycles. The maximum Gasteiger partial charge on any atom is 0.0995 e. The maximum atomic E-state index is 9.16. The Morgan fingerprint density at radius 2 is 1.89 bits per heavy atom. The smallest absolute Gasteiger partial charge is 0.0995 e. The first-order chi connectivity index (χ1) is 8.78. The standard InChI is InChI=1S/C15H19N3/c1-17-10-14-6-7-15(11-17)18(14)9-13-5-3-2-4-12(13)8-16/h2-5,14-15H,6-7,9-11H2,1H3. The summed E-state index contributed by atoms with van der Waals surface area (Å²) in [6.07, 6.45) is 2.62. The second kappa shape index (κ2) is 4.72. The fourth-order valence-corrected chi connectivity index (χ4v) is 3.42. The van der Waals surface area contributed by atoms with Gasteiger partial charge in [-0.15, -0.1) is 0 Å². The van der Waals surface area contributed by atoms with E-state index in [0.717, 1.165) is 12.1 Å². The van der Waals surface area contributed by atoms with Gasteiger partial charge in [-0.2, -0.15) is 5.26 Å². The molecule has 2 aliphatic rings. The molecule has 0 aromatic heterocycles. The predicted octanol–water partition coefficient (Wildman–Crippen LogP) is 1.84. The minimum atomic E-state index is 0.681. The summed E-state index contributed by atoms with van der Waals surface area (Å²) in [6.45, 7) is 3.28. The molecule has 3 heteroatoms. The lowest BCUT2D eigenvalue weighted by molar-refractivity contribution is 0.0759. The van der Waals surface area contributed by atoms with Gasteiger partial charge in [0.2, 0.25) is 0 Å². The molecule has 3 nitrogen and oxygen atoms in total. The molecule has 1 aromatic carbocycles. The lowest BCUT2D eigenvalue weighted by Crippen LogP contribution is -2.51. The topological polar surface area (TPSA) is 30.3 Å². The Bertz CT molecular complexity index is 463. The summed E-state index contributed by atoms with van der Waals surface area (Å²) in [5, 5.41) is 9.16. The molecule has 18 heavy (non-hydrogen) atoms. The summed E-state index contributed by atoms with van der Waals surface area (Å²) < 4.78 is 0. The molecule has 0 radical (unpaired) electrons. The van der Waals surface area contributed by atoms with Crippen molar-refractivity contribution in [1.29, 1.82) is 5.26 Å². The van der Waals surface area contributed by atoms with Gasteiger partial charge in [-0.05, 0) is 31.5 Å². The summed E-state index contributed by atoms with van der Waals surface area (Å²) in [5.41, 5.74) is 2.01. The van der Waals surface area contributed by atoms with E-state index >= 15 is 0 Å². The number of hydrogen-bond acceptors (Lipinski definition) is 3. The number of hydrogen-bond donors (Lipinski definition) is 0. The summed E-state index contributed by atoms with van der Waals surface area (Å²) in [4.78, 5) is 5.05. The van der Waals surface area contributed by atoms with E-state index in [4.69, 9.17) is 5.26 Å². The van der Waals surface area contributed by atoms with Gasteiger partial charge in [0.05, 0.1) is 11.6 Å². The van der Waals surface area contributed by atoms with Gasteiger partial charge < -0.3 is 4.90 Å². The molecular weight excluding hydrogens is 222 g/mol. The van der Waals surface area contributed by atoms with Crippen molar-refractivity contribution in [2.24, 2.45) is 0 Å². The van der Waals surface area contributed by atoms with E-state index in [9.17, 15) is 0 Å². The van der Waals surface area contributed by atoms with E-state index in [-0.39, 0.29) is 0 Å². The van der Waals surface area contributed by atoms with Crippen LogP contribution in [0.5, 0.6) is 0 Å². The van der Waals surface area contributed by atoms with Gasteiger partial charge in [0.15, 0.2) is 0 Å². The van der Waals surface area contributed by atoms with Crippen LogP contribution in [0.2, 0.25) is 0 Å². The Morgan fingerprint density at radius 1 is 1.22 bits per heavy atom. The minimum Gasteiger partial charge on any atom is -0.303 e. The quantitative estimate of drug-likeness (QED) is 0.791. The molecule has 0 spiro atoms. The van der Waals surface area contributed by atoms with E-state index in [2.05, 4.69) is 29.0 Å². The fraction of sp³-hybridized carbons (Fsp3) is 0.533. The van der Waals surface area contributed by atoms with Crippen molar-refractivity contribution >= 4 is 0 Å². The Kier molecular flexibility index (Phi) is 3.07.